The molecule has 6 N–H and O–H groups in total. The van der Waals surface area contributed by atoms with Gasteiger partial charge in [-0.15, -0.1) is 0 Å². The first-order valence-electron chi connectivity index (χ1n) is 9.78. The zero-order valence-corrected chi connectivity index (χ0v) is 16.3. The molecule has 0 saturated carbocycles. The number of ether oxygens (including phenoxy) is 1. The molecule has 1 saturated heterocycles. The maximum Gasteiger partial charge on any atom is 0.121 e. The molecule has 1 aliphatic heterocycles. The second-order valence-corrected chi connectivity index (χ2v) is 7.66. The highest BCUT2D eigenvalue weighted by molar-refractivity contribution is 5.68. The monoisotopic (exact) mass is 411 g/mol. The van der Waals surface area contributed by atoms with Crippen LogP contribution < -0.4 is 5.90 Å². The van der Waals surface area contributed by atoms with Crippen molar-refractivity contribution in [2.45, 2.75) is 36.9 Å². The number of fused-ring (bicyclic) bond motifs is 1. The molecular weight excluding hydrogens is 386 g/mol. The zero-order chi connectivity index (χ0) is 21.3. The minimum absolute atomic E-state index is 0.0708. The Balaban J connectivity index is 1.62. The van der Waals surface area contributed by atoms with Gasteiger partial charge in [0.25, 0.3) is 0 Å². The molecule has 0 radical (unpaired) electrons. The second-order valence-electron chi connectivity index (χ2n) is 7.66. The molecular formula is C23H25NO6. The van der Waals surface area contributed by atoms with Gasteiger partial charge in [-0.1, -0.05) is 48.5 Å². The number of aliphatic hydroxyl groups is 3. The van der Waals surface area contributed by atoms with Gasteiger partial charge >= 0.3 is 0 Å². The lowest BCUT2D eigenvalue weighted by atomic mass is 9.89. The molecule has 1 aromatic rings. The van der Waals surface area contributed by atoms with Gasteiger partial charge in [0.1, 0.15) is 36.3 Å². The normalized spacial score (nSPS) is 26.7. The average Bonchev–Trinajstić information content (AvgIpc) is 2.98. The highest BCUT2D eigenvalue weighted by atomic mass is 16.6. The summed E-state index contributed by atoms with van der Waals surface area (Å²) in [4.78, 5) is 4.55. The molecule has 0 bridgehead atoms. The lowest BCUT2D eigenvalue weighted by Crippen LogP contribution is -2.55. The first kappa shape index (κ1) is 20.7. The van der Waals surface area contributed by atoms with Crippen LogP contribution in [0.2, 0.25) is 0 Å². The van der Waals surface area contributed by atoms with Gasteiger partial charge in [0.15, 0.2) is 0 Å². The number of aliphatic hydroxyl groups excluding tert-OH is 3. The fourth-order valence-corrected chi connectivity index (χ4v) is 4.00. The van der Waals surface area contributed by atoms with Crippen LogP contribution in [0.15, 0.2) is 60.7 Å². The van der Waals surface area contributed by atoms with Crippen molar-refractivity contribution in [2.24, 2.45) is 5.90 Å². The van der Waals surface area contributed by atoms with Gasteiger partial charge in [-0.05, 0) is 40.8 Å². The molecule has 5 atom stereocenters. The number of hydrogen-bond acceptors (Lipinski definition) is 7. The Bertz CT molecular complexity index is 949. The van der Waals surface area contributed by atoms with E-state index in [4.69, 9.17) is 10.6 Å². The SMILES string of the molecule is NOC[C@H]1O[C@@H](c2cc(Cc3cc4cccccc-4c3)ccc2O)[C@H](O)[C@@H](O)[C@@H]1O. The van der Waals surface area contributed by atoms with Gasteiger partial charge in [0, 0.05) is 5.56 Å². The van der Waals surface area contributed by atoms with Gasteiger partial charge in [-0.25, -0.2) is 5.90 Å². The molecule has 158 valence electrons. The Morgan fingerprint density at radius 3 is 2.20 bits per heavy atom. The lowest BCUT2D eigenvalue weighted by Gasteiger charge is -2.40. The summed E-state index contributed by atoms with van der Waals surface area (Å²) in [7, 11) is 0. The van der Waals surface area contributed by atoms with E-state index in [1.165, 1.54) is 6.07 Å². The van der Waals surface area contributed by atoms with E-state index in [9.17, 15) is 20.4 Å². The number of phenolic OH excluding ortho intramolecular Hbond substituents is 1. The van der Waals surface area contributed by atoms with E-state index in [0.29, 0.717) is 12.0 Å². The molecule has 3 aliphatic rings. The Morgan fingerprint density at radius 1 is 0.833 bits per heavy atom. The molecule has 0 amide bonds. The van der Waals surface area contributed by atoms with E-state index in [1.54, 1.807) is 12.1 Å². The lowest BCUT2D eigenvalue weighted by molar-refractivity contribution is -0.235. The molecule has 7 heteroatoms. The van der Waals surface area contributed by atoms with Gasteiger partial charge in [-0.2, -0.15) is 0 Å². The third kappa shape index (κ3) is 4.04. The minimum Gasteiger partial charge on any atom is -0.508 e. The summed E-state index contributed by atoms with van der Waals surface area (Å²) in [6.45, 7) is -0.167. The molecule has 30 heavy (non-hydrogen) atoms. The largest absolute Gasteiger partial charge is 0.508 e. The molecule has 2 aliphatic carbocycles. The molecule has 0 spiro atoms. The average molecular weight is 411 g/mol. The van der Waals surface area contributed by atoms with E-state index in [2.05, 4.69) is 29.1 Å². The number of nitrogens with two attached hydrogens (primary N) is 1. The van der Waals surface area contributed by atoms with Crippen LogP contribution in [0.3, 0.4) is 0 Å². The van der Waals surface area contributed by atoms with Gasteiger partial charge < -0.3 is 30.0 Å². The quantitative estimate of drug-likeness (QED) is 0.403. The summed E-state index contributed by atoms with van der Waals surface area (Å²) in [5.41, 5.74) is 4.63. The van der Waals surface area contributed by atoms with Crippen molar-refractivity contribution in [3.8, 4) is 16.9 Å². The number of hydrogen-bond donors (Lipinski definition) is 5. The molecule has 0 unspecified atom stereocenters. The number of aromatic hydroxyl groups is 1. The van der Waals surface area contributed by atoms with Crippen LogP contribution in [0.25, 0.3) is 11.1 Å². The van der Waals surface area contributed by atoms with Gasteiger partial charge in [0.2, 0.25) is 0 Å². The van der Waals surface area contributed by atoms with Crippen molar-refractivity contribution in [3.63, 3.8) is 0 Å². The number of rotatable bonds is 5. The van der Waals surface area contributed by atoms with Crippen LogP contribution in [0, 0.1) is 0 Å². The standard InChI is InChI=1S/C23H25NO6/c24-29-12-19-20(26)21(27)22(28)23(30-19)17-11-13(6-7-18(17)25)8-14-9-15-4-2-1-3-5-16(15)10-14/h1-7,9-11,19-23,25-28H,8,12,24H2/t19-,20-,21+,22-,23+/m1/s1. The fourth-order valence-electron chi connectivity index (χ4n) is 4.00. The smallest absolute Gasteiger partial charge is 0.121 e. The molecule has 1 aromatic carbocycles. The molecule has 1 heterocycles. The maximum atomic E-state index is 10.5. The Morgan fingerprint density at radius 2 is 1.53 bits per heavy atom. The van der Waals surface area contributed by atoms with E-state index in [1.807, 2.05) is 18.2 Å². The van der Waals surface area contributed by atoms with Crippen LogP contribution in [0.5, 0.6) is 5.75 Å². The number of benzene rings is 1. The second kappa shape index (κ2) is 8.69. The van der Waals surface area contributed by atoms with Crippen LogP contribution in [0.1, 0.15) is 22.8 Å². The highest BCUT2D eigenvalue weighted by Gasteiger charge is 2.45. The van der Waals surface area contributed by atoms with Crippen LogP contribution in [-0.2, 0) is 16.0 Å². The van der Waals surface area contributed by atoms with Crippen molar-refractivity contribution in [1.82, 2.24) is 0 Å². The van der Waals surface area contributed by atoms with E-state index >= 15 is 0 Å². The minimum atomic E-state index is -1.46. The van der Waals surface area contributed by atoms with E-state index in [-0.39, 0.29) is 12.4 Å². The summed E-state index contributed by atoms with van der Waals surface area (Å²) < 4.78 is 5.73. The van der Waals surface area contributed by atoms with Crippen LogP contribution >= 0.6 is 0 Å². The number of phenols is 1. The summed E-state index contributed by atoms with van der Waals surface area (Å²) in [6, 6.07) is 19.4. The van der Waals surface area contributed by atoms with Crippen LogP contribution in [0.4, 0.5) is 0 Å². The fraction of sp³-hybridized carbons (Fsp3) is 0.304. The topological polar surface area (TPSA) is 125 Å². The highest BCUT2D eigenvalue weighted by Crippen LogP contribution is 2.37. The summed E-state index contributed by atoms with van der Waals surface area (Å²) in [5, 5.41) is 41.1. The molecule has 0 aromatic heterocycles. The Labute approximate surface area is 174 Å². The van der Waals surface area contributed by atoms with Crippen molar-refractivity contribution in [1.29, 1.82) is 0 Å². The Hall–Kier alpha value is -2.52. The molecule has 4 rings (SSSR count). The van der Waals surface area contributed by atoms with Gasteiger partial charge in [-0.3, -0.25) is 0 Å². The Kier molecular flexibility index (Phi) is 6.01. The van der Waals surface area contributed by atoms with Crippen molar-refractivity contribution >= 4 is 0 Å². The first-order valence-corrected chi connectivity index (χ1v) is 9.78. The van der Waals surface area contributed by atoms with Crippen molar-refractivity contribution in [2.75, 3.05) is 6.61 Å². The molecule has 7 nitrogen and oxygen atoms in total. The van der Waals surface area contributed by atoms with E-state index in [0.717, 1.165) is 22.3 Å². The van der Waals surface area contributed by atoms with Crippen molar-refractivity contribution < 1.29 is 30.0 Å². The summed E-state index contributed by atoms with van der Waals surface area (Å²) >= 11 is 0. The summed E-state index contributed by atoms with van der Waals surface area (Å²) in [5.74, 6) is 5.01. The summed E-state index contributed by atoms with van der Waals surface area (Å²) in [6.07, 6.45) is -5.61. The van der Waals surface area contributed by atoms with Gasteiger partial charge in [0.05, 0.1) is 6.61 Å². The first-order chi connectivity index (χ1) is 14.5. The predicted octanol–water partition coefficient (Wildman–Crippen LogP) is 1.50. The molecule has 1 fully saturated rings. The maximum absolute atomic E-state index is 10.5. The third-order valence-electron chi connectivity index (χ3n) is 5.57. The third-order valence-corrected chi connectivity index (χ3v) is 5.57. The van der Waals surface area contributed by atoms with E-state index < -0.39 is 30.5 Å². The zero-order valence-electron chi connectivity index (χ0n) is 16.3. The van der Waals surface area contributed by atoms with Crippen molar-refractivity contribution in [3.05, 3.63) is 77.4 Å². The predicted molar refractivity (Wildman–Crippen MR) is 110 cm³/mol. The van der Waals surface area contributed by atoms with Crippen LogP contribution in [-0.4, -0.2) is 51.4 Å².